The molecule has 1 amide bonds. The summed E-state index contributed by atoms with van der Waals surface area (Å²) in [6.45, 7) is 6.04. The van der Waals surface area contributed by atoms with Gasteiger partial charge >= 0.3 is 0 Å². The monoisotopic (exact) mass is 479 g/mol. The second kappa shape index (κ2) is 11.4. The summed E-state index contributed by atoms with van der Waals surface area (Å²) >= 11 is 0. The molecule has 2 heterocycles. The molecular formula is C23H37N5O4S. The number of aromatic nitrogens is 2. The summed E-state index contributed by atoms with van der Waals surface area (Å²) < 4.78 is 33.9. The third-order valence-electron chi connectivity index (χ3n) is 6.16. The van der Waals surface area contributed by atoms with E-state index in [0.29, 0.717) is 19.7 Å². The van der Waals surface area contributed by atoms with Gasteiger partial charge in [-0.3, -0.25) is 4.79 Å². The normalized spacial score (nSPS) is 18.2. The molecule has 1 aliphatic heterocycles. The lowest BCUT2D eigenvalue weighted by molar-refractivity contribution is -0.132. The molecule has 0 unspecified atom stereocenters. The van der Waals surface area contributed by atoms with E-state index in [-0.39, 0.29) is 24.8 Å². The summed E-state index contributed by atoms with van der Waals surface area (Å²) in [5.41, 5.74) is 8.14. The fraction of sp³-hybridized carbons (Fsp3) is 0.652. The largest absolute Gasteiger partial charge is 0.385 e. The van der Waals surface area contributed by atoms with Gasteiger partial charge in [0.15, 0.2) is 0 Å². The molecule has 0 saturated carbocycles. The van der Waals surface area contributed by atoms with Crippen LogP contribution in [0.2, 0.25) is 0 Å². The van der Waals surface area contributed by atoms with E-state index in [4.69, 9.17) is 15.5 Å². The smallest absolute Gasteiger partial charge is 0.224 e. The van der Waals surface area contributed by atoms with Crippen LogP contribution in [-0.4, -0.2) is 73.4 Å². The van der Waals surface area contributed by atoms with E-state index in [2.05, 4.69) is 15.4 Å². The molecule has 1 saturated heterocycles. The molecule has 1 aromatic carbocycles. The molecule has 10 heteroatoms. The Labute approximate surface area is 196 Å². The Morgan fingerprint density at radius 3 is 2.82 bits per heavy atom. The first kappa shape index (κ1) is 25.6. The number of likely N-dealkylation sites (tertiary alicyclic amines) is 1. The number of hydrogen-bond acceptors (Lipinski definition) is 6. The second-order valence-corrected chi connectivity index (χ2v) is 11.4. The number of sulfonamides is 1. The third kappa shape index (κ3) is 6.53. The molecule has 0 aliphatic carbocycles. The van der Waals surface area contributed by atoms with Gasteiger partial charge in [0.1, 0.15) is 5.82 Å². The molecule has 0 bridgehead atoms. The Balaban J connectivity index is 1.67. The lowest BCUT2D eigenvalue weighted by Crippen LogP contribution is -2.45. The highest BCUT2D eigenvalue weighted by Crippen LogP contribution is 2.30. The number of rotatable bonds is 11. The maximum atomic E-state index is 12.9. The van der Waals surface area contributed by atoms with Gasteiger partial charge in [0.2, 0.25) is 15.9 Å². The number of ether oxygens (including phenoxy) is 1. The number of methoxy groups -OCH3 is 1. The quantitative estimate of drug-likeness (QED) is 0.475. The Morgan fingerprint density at radius 2 is 2.09 bits per heavy atom. The zero-order chi connectivity index (χ0) is 24.0. The minimum Gasteiger partial charge on any atom is -0.385 e. The number of carbonyl (C=O) groups is 1. The lowest BCUT2D eigenvalue weighted by atomic mass is 9.96. The Bertz CT molecular complexity index is 1040. The van der Waals surface area contributed by atoms with Crippen LogP contribution in [0.1, 0.15) is 51.3 Å². The summed E-state index contributed by atoms with van der Waals surface area (Å²) in [5, 5.41) is -0.536. The number of aryl methyl sites for hydroxylation is 1. The summed E-state index contributed by atoms with van der Waals surface area (Å²) in [5.74, 6) is 1.12. The predicted octanol–water partition coefficient (Wildman–Crippen LogP) is 1.82. The van der Waals surface area contributed by atoms with E-state index in [1.165, 1.54) is 0 Å². The molecule has 1 fully saturated rings. The number of fused-ring (bicyclic) bond motifs is 1. The third-order valence-corrected chi connectivity index (χ3v) is 7.97. The molecule has 0 radical (unpaired) electrons. The van der Waals surface area contributed by atoms with Crippen molar-refractivity contribution < 1.29 is 17.9 Å². The van der Waals surface area contributed by atoms with Gasteiger partial charge in [-0.1, -0.05) is 12.1 Å². The number of nitrogens with one attached hydrogen (secondary N) is 1. The zero-order valence-corrected chi connectivity index (χ0v) is 20.7. The number of amides is 1. The molecule has 0 spiro atoms. The van der Waals surface area contributed by atoms with Gasteiger partial charge in [0, 0.05) is 58.3 Å². The molecule has 184 valence electrons. The van der Waals surface area contributed by atoms with Gasteiger partial charge in [0.25, 0.3) is 0 Å². The predicted molar refractivity (Wildman–Crippen MR) is 129 cm³/mol. The van der Waals surface area contributed by atoms with Gasteiger partial charge in [0.05, 0.1) is 16.3 Å². The molecule has 1 aliphatic rings. The van der Waals surface area contributed by atoms with Crippen molar-refractivity contribution in [2.75, 3.05) is 33.4 Å². The van der Waals surface area contributed by atoms with Crippen LogP contribution in [0.15, 0.2) is 24.3 Å². The second-order valence-electron chi connectivity index (χ2n) is 9.04. The van der Waals surface area contributed by atoms with Crippen LogP contribution in [-0.2, 0) is 26.1 Å². The average molecular weight is 480 g/mol. The molecule has 2 atom stereocenters. The van der Waals surface area contributed by atoms with Crippen LogP contribution in [0.4, 0.5) is 0 Å². The van der Waals surface area contributed by atoms with Gasteiger partial charge in [-0.25, -0.2) is 18.1 Å². The highest BCUT2D eigenvalue weighted by molar-refractivity contribution is 7.90. The minimum absolute atomic E-state index is 0.0435. The van der Waals surface area contributed by atoms with E-state index in [1.807, 2.05) is 23.1 Å². The molecule has 9 nitrogen and oxygen atoms in total. The Morgan fingerprint density at radius 1 is 1.33 bits per heavy atom. The molecule has 3 rings (SSSR count). The maximum Gasteiger partial charge on any atom is 0.224 e. The maximum absolute atomic E-state index is 12.9. The first-order valence-electron chi connectivity index (χ1n) is 11.7. The number of hydrogen-bond donors (Lipinski definition) is 2. The number of benzene rings is 1. The van der Waals surface area contributed by atoms with Crippen molar-refractivity contribution in [2.24, 2.45) is 5.73 Å². The van der Waals surface area contributed by atoms with E-state index < -0.39 is 21.3 Å². The lowest BCUT2D eigenvalue weighted by Gasteiger charge is -2.33. The van der Waals surface area contributed by atoms with Crippen molar-refractivity contribution >= 4 is 27.0 Å². The van der Waals surface area contributed by atoms with Crippen molar-refractivity contribution in [1.29, 1.82) is 0 Å². The summed E-state index contributed by atoms with van der Waals surface area (Å²) in [6, 6.07) is 7.55. The number of para-hydroxylation sites is 2. The molecule has 1 aromatic heterocycles. The highest BCUT2D eigenvalue weighted by Gasteiger charge is 2.29. The number of nitrogens with zero attached hydrogens (tertiary/aromatic N) is 3. The van der Waals surface area contributed by atoms with E-state index in [0.717, 1.165) is 42.7 Å². The molecular weight excluding hydrogens is 442 g/mol. The van der Waals surface area contributed by atoms with Gasteiger partial charge in [-0.05, 0) is 45.2 Å². The fourth-order valence-electron chi connectivity index (χ4n) is 4.24. The number of imidazole rings is 1. The molecule has 33 heavy (non-hydrogen) atoms. The zero-order valence-electron chi connectivity index (χ0n) is 19.9. The first-order valence-corrected chi connectivity index (χ1v) is 13.2. The summed E-state index contributed by atoms with van der Waals surface area (Å²) in [4.78, 5) is 19.7. The van der Waals surface area contributed by atoms with Crippen molar-refractivity contribution in [3.63, 3.8) is 0 Å². The summed E-state index contributed by atoms with van der Waals surface area (Å²) in [6.07, 6.45) is 2.86. The van der Waals surface area contributed by atoms with Gasteiger partial charge in [-0.15, -0.1) is 0 Å². The van der Waals surface area contributed by atoms with Crippen LogP contribution >= 0.6 is 0 Å². The Hall–Kier alpha value is -2.01. The van der Waals surface area contributed by atoms with Gasteiger partial charge in [-0.2, -0.15) is 0 Å². The van der Waals surface area contributed by atoms with Crippen molar-refractivity contribution in [1.82, 2.24) is 19.2 Å². The standard InChI is InChI=1S/C23H37N5O4S/c1-17(2)33(30,31)25-15-19(24)14-22(29)27-11-6-8-18(16-27)23-26-20-9-4-5-10-21(20)28(23)12-7-13-32-3/h4-5,9-10,17-19,25H,6-8,11-16,24H2,1-3H3/t18-,19+/m1/s1. The minimum atomic E-state index is -3.40. The number of piperidine rings is 1. The van der Waals surface area contributed by atoms with Gasteiger partial charge < -0.3 is 19.9 Å². The van der Waals surface area contributed by atoms with Crippen molar-refractivity contribution in [3.05, 3.63) is 30.1 Å². The van der Waals surface area contributed by atoms with Crippen LogP contribution in [0.25, 0.3) is 11.0 Å². The van der Waals surface area contributed by atoms with Crippen molar-refractivity contribution in [2.45, 2.75) is 63.3 Å². The SMILES string of the molecule is COCCCn1c([C@@H]2CCCN(C(=O)C[C@H](N)CNS(=O)(=O)C(C)C)C2)nc2ccccc21. The molecule has 2 aromatic rings. The van der Waals surface area contributed by atoms with Crippen LogP contribution in [0.5, 0.6) is 0 Å². The first-order chi connectivity index (χ1) is 15.7. The van der Waals surface area contributed by atoms with Crippen molar-refractivity contribution in [3.8, 4) is 0 Å². The van der Waals surface area contributed by atoms with E-state index in [9.17, 15) is 13.2 Å². The topological polar surface area (TPSA) is 120 Å². The van der Waals surface area contributed by atoms with E-state index >= 15 is 0 Å². The number of carbonyl (C=O) groups excluding carboxylic acids is 1. The number of nitrogens with two attached hydrogens (primary N) is 1. The molecule has 3 N–H and O–H groups in total. The summed E-state index contributed by atoms with van der Waals surface area (Å²) in [7, 11) is -1.70. The average Bonchev–Trinajstić information content (AvgIpc) is 3.16. The van der Waals surface area contributed by atoms with Crippen LogP contribution in [0.3, 0.4) is 0 Å². The highest BCUT2D eigenvalue weighted by atomic mass is 32.2. The Kier molecular flexibility index (Phi) is 8.86. The van der Waals surface area contributed by atoms with E-state index in [1.54, 1.807) is 21.0 Å². The van der Waals surface area contributed by atoms with Crippen LogP contribution in [0, 0.1) is 0 Å². The fourth-order valence-corrected chi connectivity index (χ4v) is 5.02. The van der Waals surface area contributed by atoms with Crippen LogP contribution < -0.4 is 10.5 Å².